The lowest BCUT2D eigenvalue weighted by Crippen LogP contribution is -2.57. The average Bonchev–Trinajstić information content (AvgIpc) is 2.83. The van der Waals surface area contributed by atoms with Crippen LogP contribution in [0.1, 0.15) is 23.3 Å². The van der Waals surface area contributed by atoms with Gasteiger partial charge in [-0.15, -0.1) is 0 Å². The van der Waals surface area contributed by atoms with Crippen molar-refractivity contribution in [1.82, 2.24) is 0 Å². The summed E-state index contributed by atoms with van der Waals surface area (Å²) in [6, 6.07) is 31.0. The van der Waals surface area contributed by atoms with Crippen molar-refractivity contribution in [2.24, 2.45) is 5.92 Å². The normalized spacial score (nSPS) is 19.2. The molecule has 0 aliphatic carbocycles. The first-order chi connectivity index (χ1) is 15.2. The zero-order chi connectivity index (χ0) is 21.4. The van der Waals surface area contributed by atoms with E-state index in [-0.39, 0.29) is 11.9 Å². The molecular weight excluding hydrogens is 386 g/mol. The Bertz CT molecular complexity index is 1220. The first-order valence-electron chi connectivity index (χ1n) is 10.4. The third-order valence-electron chi connectivity index (χ3n) is 6.09. The quantitative estimate of drug-likeness (QED) is 0.456. The smallest absolute Gasteiger partial charge is 0.236 e. The van der Waals surface area contributed by atoms with Gasteiger partial charge in [-0.2, -0.15) is 0 Å². The number of aliphatic hydroxyl groups is 1. The molecule has 1 heterocycles. The first kappa shape index (κ1) is 19.3. The molecule has 1 fully saturated rings. The number of hydrogen-bond donors (Lipinski definition) is 1. The molecule has 0 radical (unpaired) electrons. The highest BCUT2D eigenvalue weighted by atomic mass is 16.5. The number of carbonyl (C=O) groups is 1. The average molecular weight is 409 g/mol. The number of fused-ring (bicyclic) bond motifs is 1. The van der Waals surface area contributed by atoms with Crippen LogP contribution in [0.2, 0.25) is 0 Å². The van der Waals surface area contributed by atoms with Crippen molar-refractivity contribution in [2.75, 3.05) is 12.0 Å². The van der Waals surface area contributed by atoms with Crippen LogP contribution in [0.15, 0.2) is 97.1 Å². The number of anilines is 1. The number of benzene rings is 4. The summed E-state index contributed by atoms with van der Waals surface area (Å²) in [7, 11) is 1.63. The van der Waals surface area contributed by atoms with E-state index in [1.54, 1.807) is 12.0 Å². The van der Waals surface area contributed by atoms with E-state index in [2.05, 4.69) is 0 Å². The van der Waals surface area contributed by atoms with Crippen LogP contribution in [0.4, 0.5) is 5.69 Å². The lowest BCUT2D eigenvalue weighted by atomic mass is 9.76. The Balaban J connectivity index is 1.54. The molecule has 1 amide bonds. The van der Waals surface area contributed by atoms with Crippen LogP contribution in [0.3, 0.4) is 0 Å². The summed E-state index contributed by atoms with van der Waals surface area (Å²) >= 11 is 0. The topological polar surface area (TPSA) is 49.8 Å². The van der Waals surface area contributed by atoms with Crippen molar-refractivity contribution in [2.45, 2.75) is 12.1 Å². The Morgan fingerprint density at radius 3 is 2.23 bits per heavy atom. The number of aliphatic hydroxyl groups excluding tert-OH is 1. The first-order valence-corrected chi connectivity index (χ1v) is 10.4. The van der Waals surface area contributed by atoms with Gasteiger partial charge in [0.25, 0.3) is 0 Å². The zero-order valence-corrected chi connectivity index (χ0v) is 17.2. The highest BCUT2D eigenvalue weighted by Crippen LogP contribution is 2.49. The Morgan fingerprint density at radius 1 is 0.839 bits per heavy atom. The van der Waals surface area contributed by atoms with Gasteiger partial charge in [0.2, 0.25) is 5.91 Å². The molecule has 1 aliphatic heterocycles. The van der Waals surface area contributed by atoms with Crippen LogP contribution < -0.4 is 9.64 Å². The molecule has 1 aliphatic rings. The van der Waals surface area contributed by atoms with Gasteiger partial charge in [-0.3, -0.25) is 4.79 Å². The van der Waals surface area contributed by atoms with Gasteiger partial charge >= 0.3 is 0 Å². The predicted octanol–water partition coefficient (Wildman–Crippen LogP) is 5.29. The van der Waals surface area contributed by atoms with Gasteiger partial charge in [-0.25, -0.2) is 0 Å². The molecule has 5 rings (SSSR count). The SMILES string of the molecule is COc1ccc([C@@H]2[C@@H](C(O)c3ccc4ccccc4c3)C(=O)N2c2ccccc2)cc1. The Kier molecular flexibility index (Phi) is 4.92. The molecule has 0 saturated carbocycles. The second kappa shape index (κ2) is 7.89. The summed E-state index contributed by atoms with van der Waals surface area (Å²) in [5.41, 5.74) is 2.55. The van der Waals surface area contributed by atoms with Crippen molar-refractivity contribution in [3.05, 3.63) is 108 Å². The fourth-order valence-corrected chi connectivity index (χ4v) is 4.45. The minimum atomic E-state index is -0.899. The van der Waals surface area contributed by atoms with Crippen molar-refractivity contribution >= 4 is 22.4 Å². The molecule has 1 N–H and O–H groups in total. The Labute approximate surface area is 181 Å². The number of β-lactam (4-membered cyclic amide) rings is 1. The van der Waals surface area contributed by atoms with Crippen LogP contribution in [0, 0.1) is 5.92 Å². The molecule has 1 saturated heterocycles. The molecule has 4 aromatic carbocycles. The molecule has 3 atom stereocenters. The molecular formula is C27H23NO3. The summed E-state index contributed by atoms with van der Waals surface area (Å²) in [5, 5.41) is 13.5. The molecule has 154 valence electrons. The highest BCUT2D eigenvalue weighted by molar-refractivity contribution is 6.03. The number of carbonyl (C=O) groups excluding carboxylic acids is 1. The Morgan fingerprint density at radius 2 is 1.52 bits per heavy atom. The highest BCUT2D eigenvalue weighted by Gasteiger charge is 2.52. The predicted molar refractivity (Wildman–Crippen MR) is 122 cm³/mol. The molecule has 4 heteroatoms. The van der Waals surface area contributed by atoms with Crippen molar-refractivity contribution < 1.29 is 14.6 Å². The van der Waals surface area contributed by atoms with E-state index in [9.17, 15) is 9.90 Å². The molecule has 0 bridgehead atoms. The monoisotopic (exact) mass is 409 g/mol. The third-order valence-corrected chi connectivity index (χ3v) is 6.09. The van der Waals surface area contributed by atoms with Gasteiger partial charge in [0.1, 0.15) is 5.75 Å². The van der Waals surface area contributed by atoms with Gasteiger partial charge in [-0.05, 0) is 52.2 Å². The zero-order valence-electron chi connectivity index (χ0n) is 17.2. The maximum atomic E-state index is 13.3. The van der Waals surface area contributed by atoms with E-state index < -0.39 is 12.0 Å². The minimum absolute atomic E-state index is 0.0762. The molecule has 0 aromatic heterocycles. The lowest BCUT2D eigenvalue weighted by Gasteiger charge is -2.49. The van der Waals surface area contributed by atoms with Crippen molar-refractivity contribution in [3.8, 4) is 5.75 Å². The van der Waals surface area contributed by atoms with Crippen molar-refractivity contribution in [1.29, 1.82) is 0 Å². The fourth-order valence-electron chi connectivity index (χ4n) is 4.45. The summed E-state index contributed by atoms with van der Waals surface area (Å²) < 4.78 is 5.29. The lowest BCUT2D eigenvalue weighted by molar-refractivity contribution is -0.136. The number of ether oxygens (including phenoxy) is 1. The van der Waals surface area contributed by atoms with Gasteiger partial charge in [0.15, 0.2) is 0 Å². The van der Waals surface area contributed by atoms with E-state index >= 15 is 0 Å². The van der Waals surface area contributed by atoms with Gasteiger partial charge in [0.05, 0.1) is 25.2 Å². The second-order valence-electron chi connectivity index (χ2n) is 7.84. The van der Waals surface area contributed by atoms with E-state index in [4.69, 9.17) is 4.74 Å². The second-order valence-corrected chi connectivity index (χ2v) is 7.84. The van der Waals surface area contributed by atoms with E-state index in [1.807, 2.05) is 97.1 Å². The summed E-state index contributed by atoms with van der Waals surface area (Å²) in [6.07, 6.45) is -0.899. The van der Waals surface area contributed by atoms with Gasteiger partial charge in [-0.1, -0.05) is 66.7 Å². The van der Waals surface area contributed by atoms with Crippen LogP contribution in [-0.2, 0) is 4.79 Å². The molecule has 4 aromatic rings. The van der Waals surface area contributed by atoms with E-state index in [0.29, 0.717) is 0 Å². The minimum Gasteiger partial charge on any atom is -0.497 e. The van der Waals surface area contributed by atoms with Crippen LogP contribution in [0.25, 0.3) is 10.8 Å². The number of nitrogens with zero attached hydrogens (tertiary/aromatic N) is 1. The largest absolute Gasteiger partial charge is 0.497 e. The number of hydrogen-bond acceptors (Lipinski definition) is 3. The molecule has 0 spiro atoms. The Hall–Kier alpha value is -3.63. The van der Waals surface area contributed by atoms with Crippen LogP contribution in [-0.4, -0.2) is 18.1 Å². The van der Waals surface area contributed by atoms with Gasteiger partial charge < -0.3 is 14.7 Å². The molecule has 4 nitrogen and oxygen atoms in total. The molecule has 1 unspecified atom stereocenters. The maximum Gasteiger partial charge on any atom is 0.236 e. The molecule has 31 heavy (non-hydrogen) atoms. The number of rotatable bonds is 5. The summed E-state index contributed by atoms with van der Waals surface area (Å²) in [6.45, 7) is 0. The number of methoxy groups -OCH3 is 1. The van der Waals surface area contributed by atoms with Crippen LogP contribution in [0.5, 0.6) is 5.75 Å². The maximum absolute atomic E-state index is 13.3. The summed E-state index contributed by atoms with van der Waals surface area (Å²) in [4.78, 5) is 15.1. The van der Waals surface area contributed by atoms with E-state index in [1.165, 1.54) is 0 Å². The fraction of sp³-hybridized carbons (Fsp3) is 0.148. The van der Waals surface area contributed by atoms with E-state index in [0.717, 1.165) is 33.3 Å². The third kappa shape index (κ3) is 3.35. The standard InChI is InChI=1S/C27H23NO3/c1-31-23-15-13-19(14-16-23)25-24(27(30)28(25)22-9-3-2-4-10-22)26(29)21-12-11-18-7-5-6-8-20(18)17-21/h2-17,24-26,29H,1H3/t24-,25+,26?/m0/s1. The van der Waals surface area contributed by atoms with Crippen LogP contribution >= 0.6 is 0 Å². The number of para-hydroxylation sites is 1. The number of amides is 1. The van der Waals surface area contributed by atoms with Gasteiger partial charge in [0, 0.05) is 5.69 Å². The summed E-state index contributed by atoms with van der Waals surface area (Å²) in [5.74, 6) is 0.120. The van der Waals surface area contributed by atoms with Crippen molar-refractivity contribution in [3.63, 3.8) is 0 Å².